The molecule has 6 heteroatoms. The first kappa shape index (κ1) is 22.4. The van der Waals surface area contributed by atoms with Crippen LogP contribution >= 0.6 is 0 Å². The first-order valence-corrected chi connectivity index (χ1v) is 10.2. The van der Waals surface area contributed by atoms with Gasteiger partial charge in [-0.25, -0.2) is 0 Å². The minimum absolute atomic E-state index is 0.0456. The number of fused-ring (bicyclic) bond motifs is 1. The zero-order valence-electron chi connectivity index (χ0n) is 18.1. The summed E-state index contributed by atoms with van der Waals surface area (Å²) in [4.78, 5) is 13.1. The number of carbonyl (C=O) groups excluding carboxylic acids is 1. The van der Waals surface area contributed by atoms with Crippen LogP contribution in [0.15, 0.2) is 47.6 Å². The summed E-state index contributed by atoms with van der Waals surface area (Å²) in [6.07, 6.45) is 1.69. The van der Waals surface area contributed by atoms with Gasteiger partial charge >= 0.3 is 0 Å². The van der Waals surface area contributed by atoms with E-state index in [0.29, 0.717) is 17.5 Å². The molecule has 0 bridgehead atoms. The molecule has 3 rings (SSSR count). The molecule has 0 saturated carbocycles. The van der Waals surface area contributed by atoms with E-state index in [1.54, 1.807) is 12.1 Å². The number of rotatable bonds is 5. The number of phenols is 3. The summed E-state index contributed by atoms with van der Waals surface area (Å²) in [5.41, 5.74) is 3.00. The quantitative estimate of drug-likeness (QED) is 0.527. The number of ether oxygens (including phenoxy) is 1. The first-order valence-electron chi connectivity index (χ1n) is 10.2. The largest absolute Gasteiger partial charge is 0.508 e. The van der Waals surface area contributed by atoms with Crippen molar-refractivity contribution >= 4 is 5.78 Å². The van der Waals surface area contributed by atoms with Gasteiger partial charge in [0.15, 0.2) is 12.2 Å². The van der Waals surface area contributed by atoms with E-state index in [0.717, 1.165) is 11.1 Å². The van der Waals surface area contributed by atoms with Gasteiger partial charge in [0, 0.05) is 11.1 Å². The molecule has 31 heavy (non-hydrogen) atoms. The number of ketones is 1. The smallest absolute Gasteiger partial charge is 0.202 e. The second-order valence-electron chi connectivity index (χ2n) is 8.27. The summed E-state index contributed by atoms with van der Waals surface area (Å²) >= 11 is 0. The molecule has 1 heterocycles. The Kier molecular flexibility index (Phi) is 6.41. The molecule has 2 aromatic carbocycles. The first-order chi connectivity index (χ1) is 14.6. The van der Waals surface area contributed by atoms with Crippen molar-refractivity contribution < 1.29 is 30.0 Å². The van der Waals surface area contributed by atoms with E-state index in [4.69, 9.17) is 4.74 Å². The molecular weight excluding hydrogens is 396 g/mol. The zero-order chi connectivity index (χ0) is 22.9. The summed E-state index contributed by atoms with van der Waals surface area (Å²) in [6, 6.07) is 5.99. The highest BCUT2D eigenvalue weighted by Crippen LogP contribution is 2.48. The highest BCUT2D eigenvalue weighted by molar-refractivity contribution is 6.06. The lowest BCUT2D eigenvalue weighted by Gasteiger charge is -2.32. The lowest BCUT2D eigenvalue weighted by molar-refractivity contribution is 0.0206. The summed E-state index contributed by atoms with van der Waals surface area (Å²) in [5, 5.41) is 42.1. The van der Waals surface area contributed by atoms with Crippen molar-refractivity contribution in [2.24, 2.45) is 0 Å². The molecule has 0 amide bonds. The van der Waals surface area contributed by atoms with Crippen molar-refractivity contribution in [3.63, 3.8) is 0 Å². The van der Waals surface area contributed by atoms with Crippen molar-refractivity contribution in [1.82, 2.24) is 0 Å². The third-order valence-corrected chi connectivity index (χ3v) is 5.29. The molecule has 0 fully saturated rings. The molecule has 1 aliphatic rings. The Balaban J connectivity index is 2.21. The zero-order valence-corrected chi connectivity index (χ0v) is 18.1. The summed E-state index contributed by atoms with van der Waals surface area (Å²) in [5.74, 6) is -1.06. The van der Waals surface area contributed by atoms with Gasteiger partial charge in [0.1, 0.15) is 28.6 Å². The highest BCUT2D eigenvalue weighted by atomic mass is 16.5. The molecule has 0 aromatic heterocycles. The molecule has 6 nitrogen and oxygen atoms in total. The van der Waals surface area contributed by atoms with Gasteiger partial charge in [-0.3, -0.25) is 4.79 Å². The molecule has 1 aliphatic heterocycles. The predicted molar refractivity (Wildman–Crippen MR) is 118 cm³/mol. The molecule has 4 N–H and O–H groups in total. The van der Waals surface area contributed by atoms with E-state index in [2.05, 4.69) is 0 Å². The van der Waals surface area contributed by atoms with Crippen molar-refractivity contribution in [2.75, 3.05) is 0 Å². The second kappa shape index (κ2) is 8.86. The third-order valence-electron chi connectivity index (χ3n) is 5.29. The van der Waals surface area contributed by atoms with Crippen LogP contribution in [-0.4, -0.2) is 32.3 Å². The van der Waals surface area contributed by atoms with E-state index < -0.39 is 18.0 Å². The van der Waals surface area contributed by atoms with Gasteiger partial charge in [-0.1, -0.05) is 35.4 Å². The Morgan fingerprint density at radius 1 is 0.903 bits per heavy atom. The topological polar surface area (TPSA) is 107 Å². The highest BCUT2D eigenvalue weighted by Gasteiger charge is 2.41. The van der Waals surface area contributed by atoms with Gasteiger partial charge in [-0.2, -0.15) is 0 Å². The van der Waals surface area contributed by atoms with Gasteiger partial charge in [0.25, 0.3) is 0 Å². The molecule has 0 spiro atoms. The van der Waals surface area contributed by atoms with Gasteiger partial charge in [0.2, 0.25) is 5.78 Å². The number of phenolic OH excluding ortho intramolecular Hbond substituents is 3. The van der Waals surface area contributed by atoms with E-state index >= 15 is 0 Å². The number of allylic oxidation sites excluding steroid dienone is 4. The fourth-order valence-electron chi connectivity index (χ4n) is 3.56. The normalized spacial score (nSPS) is 17.5. The maximum Gasteiger partial charge on any atom is 0.202 e. The van der Waals surface area contributed by atoms with Crippen LogP contribution in [0.5, 0.6) is 23.0 Å². The Labute approximate surface area is 181 Å². The number of aliphatic hydroxyl groups excluding tert-OH is 1. The Morgan fingerprint density at radius 2 is 1.45 bits per heavy atom. The summed E-state index contributed by atoms with van der Waals surface area (Å²) in [7, 11) is 0. The van der Waals surface area contributed by atoms with Crippen molar-refractivity contribution in [3.8, 4) is 23.0 Å². The lowest BCUT2D eigenvalue weighted by Crippen LogP contribution is -2.37. The van der Waals surface area contributed by atoms with Crippen LogP contribution in [0.4, 0.5) is 0 Å². The van der Waals surface area contributed by atoms with E-state index in [1.165, 1.54) is 12.1 Å². The van der Waals surface area contributed by atoms with Crippen LogP contribution in [0.2, 0.25) is 0 Å². The Morgan fingerprint density at radius 3 is 2.00 bits per heavy atom. The van der Waals surface area contributed by atoms with Crippen LogP contribution < -0.4 is 4.74 Å². The number of aliphatic hydroxyl groups is 1. The number of carbonyl (C=O) groups is 1. The van der Waals surface area contributed by atoms with Gasteiger partial charge in [-0.05, 0) is 58.2 Å². The predicted octanol–water partition coefficient (Wildman–Crippen LogP) is 4.50. The Bertz CT molecular complexity index is 1050. The summed E-state index contributed by atoms with van der Waals surface area (Å²) < 4.78 is 6.03. The van der Waals surface area contributed by atoms with Gasteiger partial charge < -0.3 is 25.2 Å². The maximum atomic E-state index is 13.1. The number of aromatic hydroxyl groups is 3. The molecule has 2 atom stereocenters. The van der Waals surface area contributed by atoms with Gasteiger partial charge in [0.05, 0.1) is 0 Å². The average Bonchev–Trinajstić information content (AvgIpc) is 2.70. The van der Waals surface area contributed by atoms with Crippen molar-refractivity contribution in [2.45, 2.75) is 52.7 Å². The third kappa shape index (κ3) is 4.44. The van der Waals surface area contributed by atoms with Crippen LogP contribution in [0.25, 0.3) is 0 Å². The number of hydrogen-bond donors (Lipinski definition) is 4. The average molecular weight is 424 g/mol. The summed E-state index contributed by atoms with van der Waals surface area (Å²) in [6.45, 7) is 7.64. The van der Waals surface area contributed by atoms with E-state index in [1.807, 2.05) is 39.8 Å². The monoisotopic (exact) mass is 424 g/mol. The molecule has 0 saturated heterocycles. The number of hydrogen-bond acceptors (Lipinski definition) is 6. The van der Waals surface area contributed by atoms with E-state index in [-0.39, 0.29) is 40.5 Å². The molecule has 164 valence electrons. The van der Waals surface area contributed by atoms with Gasteiger partial charge in [-0.15, -0.1) is 0 Å². The molecule has 0 radical (unpaired) electrons. The van der Waals surface area contributed by atoms with E-state index in [9.17, 15) is 25.2 Å². The SMILES string of the molecule is CC(C)=CCc1c(O)c(CC=C(C)C)c2c(c1O)C(=O)[C@H](O)[C@@H](c1ccc(O)cc1)O2. The molecule has 0 aliphatic carbocycles. The lowest BCUT2D eigenvalue weighted by atomic mass is 9.87. The standard InChI is InChI=1S/C25H28O6/c1-13(2)5-11-17-20(27)18(12-6-14(3)4)25-19(21(17)28)22(29)23(30)24(31-25)15-7-9-16(26)10-8-15/h5-10,23-24,26-28,30H,11-12H2,1-4H3/t23-,24+/m0/s1. The number of benzene rings is 2. The van der Waals surface area contributed by atoms with Crippen LogP contribution in [0.1, 0.15) is 60.8 Å². The fraction of sp³-hybridized carbons (Fsp3) is 0.320. The van der Waals surface area contributed by atoms with Crippen LogP contribution in [-0.2, 0) is 12.8 Å². The minimum Gasteiger partial charge on any atom is -0.508 e. The van der Waals surface area contributed by atoms with Crippen molar-refractivity contribution in [1.29, 1.82) is 0 Å². The minimum atomic E-state index is -1.54. The maximum absolute atomic E-state index is 13.1. The van der Waals surface area contributed by atoms with Crippen molar-refractivity contribution in [3.05, 3.63) is 69.8 Å². The molecule has 0 unspecified atom stereocenters. The van der Waals surface area contributed by atoms with Crippen LogP contribution in [0, 0.1) is 0 Å². The fourth-order valence-corrected chi connectivity index (χ4v) is 3.56. The molecule has 2 aromatic rings. The molecular formula is C25H28O6. The second-order valence-corrected chi connectivity index (χ2v) is 8.27. The number of Topliss-reactive ketones (excluding diaryl/α,β-unsaturated/α-hetero) is 1. The van der Waals surface area contributed by atoms with Crippen LogP contribution in [0.3, 0.4) is 0 Å². The Hall–Kier alpha value is -3.25.